The topological polar surface area (TPSA) is 42.0 Å². The van der Waals surface area contributed by atoms with Crippen molar-refractivity contribution in [1.82, 2.24) is 4.98 Å². The van der Waals surface area contributed by atoms with Crippen molar-refractivity contribution >= 4 is 27.9 Å². The molecule has 0 aliphatic rings. The fourth-order valence-electron chi connectivity index (χ4n) is 2.18. The zero-order chi connectivity index (χ0) is 18.0. The first-order valence-electron chi connectivity index (χ1n) is 7.34. The Morgan fingerprint density at radius 1 is 1.12 bits per heavy atom. The summed E-state index contributed by atoms with van der Waals surface area (Å²) in [5, 5.41) is 3.16. The number of hydrogen-bond donors (Lipinski definition) is 1. The maximum atomic E-state index is 12.7. The summed E-state index contributed by atoms with van der Waals surface area (Å²) in [5.74, 6) is -0.172. The van der Waals surface area contributed by atoms with Crippen molar-refractivity contribution in [2.45, 2.75) is 13.1 Å². The first-order chi connectivity index (χ1) is 11.8. The molecule has 128 valence electrons. The first-order valence-corrected chi connectivity index (χ1v) is 8.16. The molecule has 0 fully saturated rings. The van der Waals surface area contributed by atoms with Crippen LogP contribution in [-0.4, -0.2) is 10.8 Å². The Balaban J connectivity index is 1.78. The molecule has 0 unspecified atom stereocenters. The molecule has 0 spiro atoms. The van der Waals surface area contributed by atoms with E-state index in [0.29, 0.717) is 15.6 Å². The van der Waals surface area contributed by atoms with Crippen molar-refractivity contribution in [3.8, 4) is 0 Å². The number of rotatable bonds is 4. The van der Waals surface area contributed by atoms with Gasteiger partial charge in [0.25, 0.3) is 0 Å². The Kier molecular flexibility index (Phi) is 4.59. The van der Waals surface area contributed by atoms with Gasteiger partial charge in [-0.05, 0) is 25.1 Å². The lowest BCUT2D eigenvalue weighted by Crippen LogP contribution is -2.05. The van der Waals surface area contributed by atoms with Crippen LogP contribution in [-0.2, 0) is 6.18 Å². The highest BCUT2D eigenvalue weighted by atomic mass is 32.1. The number of nitrogens with zero attached hydrogens (tertiary/aromatic N) is 1. The molecule has 0 saturated heterocycles. The Bertz CT molecular complexity index is 901. The molecule has 0 amide bonds. The molecule has 2 aromatic carbocycles. The van der Waals surface area contributed by atoms with E-state index in [1.807, 2.05) is 19.1 Å². The van der Waals surface area contributed by atoms with Crippen molar-refractivity contribution in [3.63, 3.8) is 0 Å². The van der Waals surface area contributed by atoms with Crippen LogP contribution < -0.4 is 5.32 Å². The molecular weight excluding hydrogens is 349 g/mol. The molecule has 7 heteroatoms. The maximum absolute atomic E-state index is 12.7. The highest BCUT2D eigenvalue weighted by Crippen LogP contribution is 2.32. The smallest absolute Gasteiger partial charge is 0.332 e. The van der Waals surface area contributed by atoms with Gasteiger partial charge < -0.3 is 5.32 Å². The van der Waals surface area contributed by atoms with E-state index in [0.717, 1.165) is 29.0 Å². The van der Waals surface area contributed by atoms with Gasteiger partial charge in [0.2, 0.25) is 5.78 Å². The normalized spacial score (nSPS) is 11.4. The van der Waals surface area contributed by atoms with E-state index in [2.05, 4.69) is 10.3 Å². The maximum Gasteiger partial charge on any atom is 0.416 e. The Hall–Kier alpha value is -2.67. The number of thiazole rings is 1. The number of ketones is 1. The summed E-state index contributed by atoms with van der Waals surface area (Å²) in [5.41, 5.74) is 1.11. The molecule has 1 aromatic heterocycles. The summed E-state index contributed by atoms with van der Waals surface area (Å²) in [6.07, 6.45) is -2.99. The predicted octanol–water partition coefficient (Wildman–Crippen LogP) is 5.44. The number of hydrogen-bond acceptors (Lipinski definition) is 4. The summed E-state index contributed by atoms with van der Waals surface area (Å²) in [7, 11) is 0. The van der Waals surface area contributed by atoms with Crippen LogP contribution >= 0.6 is 11.3 Å². The van der Waals surface area contributed by atoms with Crippen molar-refractivity contribution in [3.05, 3.63) is 76.3 Å². The number of carbonyl (C=O) groups is 1. The van der Waals surface area contributed by atoms with E-state index in [-0.39, 0.29) is 11.5 Å². The summed E-state index contributed by atoms with van der Waals surface area (Å²) in [6.45, 7) is 1.93. The van der Waals surface area contributed by atoms with Gasteiger partial charge in [0.1, 0.15) is 0 Å². The van der Waals surface area contributed by atoms with Gasteiger partial charge >= 0.3 is 6.18 Å². The largest absolute Gasteiger partial charge is 0.416 e. The minimum Gasteiger partial charge on any atom is -0.332 e. The average Bonchev–Trinajstić information content (AvgIpc) is 3.03. The number of benzene rings is 2. The first kappa shape index (κ1) is 17.2. The molecule has 3 rings (SSSR count). The lowest BCUT2D eigenvalue weighted by molar-refractivity contribution is -0.137. The fraction of sp³-hybridized carbons (Fsp3) is 0.111. The predicted molar refractivity (Wildman–Crippen MR) is 91.5 cm³/mol. The minimum atomic E-state index is -4.41. The van der Waals surface area contributed by atoms with Gasteiger partial charge in [-0.15, -0.1) is 0 Å². The zero-order valence-electron chi connectivity index (χ0n) is 13.1. The molecule has 0 aliphatic carbocycles. The Labute approximate surface area is 146 Å². The standard InChI is InChI=1S/C18H13F3N2OS/c1-11-5-7-12(8-6-11)16(24)15-10-22-17(25-15)23-14-4-2-3-13(9-14)18(19,20)21/h2-10H,1H3,(H,22,23). The molecule has 0 saturated carbocycles. The highest BCUT2D eigenvalue weighted by molar-refractivity contribution is 7.17. The second-order valence-corrected chi connectivity index (χ2v) is 6.46. The van der Waals surface area contributed by atoms with Crippen LogP contribution in [0.3, 0.4) is 0 Å². The third-order valence-corrected chi connectivity index (χ3v) is 4.40. The van der Waals surface area contributed by atoms with Crippen molar-refractivity contribution in [1.29, 1.82) is 0 Å². The van der Waals surface area contributed by atoms with E-state index in [1.165, 1.54) is 18.3 Å². The molecule has 0 radical (unpaired) electrons. The molecule has 1 heterocycles. The van der Waals surface area contributed by atoms with Crippen LogP contribution in [0.1, 0.15) is 26.4 Å². The SMILES string of the molecule is Cc1ccc(C(=O)c2cnc(Nc3cccc(C(F)(F)F)c3)s2)cc1. The van der Waals surface area contributed by atoms with E-state index in [9.17, 15) is 18.0 Å². The van der Waals surface area contributed by atoms with Crippen LogP contribution in [0.2, 0.25) is 0 Å². The van der Waals surface area contributed by atoms with Crippen LogP contribution in [0.25, 0.3) is 0 Å². The van der Waals surface area contributed by atoms with Crippen LogP contribution in [0, 0.1) is 6.92 Å². The number of halogens is 3. The number of alkyl halides is 3. The molecular formula is C18H13F3N2OS. The van der Waals surface area contributed by atoms with Gasteiger partial charge in [-0.2, -0.15) is 13.2 Å². The van der Waals surface area contributed by atoms with E-state index in [1.54, 1.807) is 12.1 Å². The highest BCUT2D eigenvalue weighted by Gasteiger charge is 2.30. The van der Waals surface area contributed by atoms with Gasteiger partial charge in [-0.25, -0.2) is 4.98 Å². The van der Waals surface area contributed by atoms with Crippen molar-refractivity contribution in [2.24, 2.45) is 0 Å². The van der Waals surface area contributed by atoms with Gasteiger partial charge in [0.15, 0.2) is 5.13 Å². The quantitative estimate of drug-likeness (QED) is 0.628. The molecule has 3 nitrogen and oxygen atoms in total. The van der Waals surface area contributed by atoms with Gasteiger partial charge in [-0.3, -0.25) is 4.79 Å². The molecule has 0 atom stereocenters. The minimum absolute atomic E-state index is 0.172. The Morgan fingerprint density at radius 2 is 1.84 bits per heavy atom. The van der Waals surface area contributed by atoms with Gasteiger partial charge in [-0.1, -0.05) is 47.2 Å². The third-order valence-electron chi connectivity index (χ3n) is 3.48. The van der Waals surface area contributed by atoms with E-state index < -0.39 is 11.7 Å². The average molecular weight is 362 g/mol. The number of aryl methyl sites for hydroxylation is 1. The van der Waals surface area contributed by atoms with Gasteiger partial charge in [0, 0.05) is 11.3 Å². The fourth-order valence-corrected chi connectivity index (χ4v) is 2.98. The second kappa shape index (κ2) is 6.68. The van der Waals surface area contributed by atoms with E-state index >= 15 is 0 Å². The molecule has 0 aliphatic heterocycles. The van der Waals surface area contributed by atoms with Crippen molar-refractivity contribution in [2.75, 3.05) is 5.32 Å². The molecule has 0 bridgehead atoms. The van der Waals surface area contributed by atoms with Gasteiger partial charge in [0.05, 0.1) is 16.6 Å². The summed E-state index contributed by atoms with van der Waals surface area (Å²) < 4.78 is 38.2. The number of anilines is 2. The number of carbonyl (C=O) groups excluding carboxylic acids is 1. The van der Waals surface area contributed by atoms with Crippen LogP contribution in [0.5, 0.6) is 0 Å². The summed E-state index contributed by atoms with van der Waals surface area (Å²) >= 11 is 1.10. The summed E-state index contributed by atoms with van der Waals surface area (Å²) in [4.78, 5) is 16.9. The summed E-state index contributed by atoms with van der Waals surface area (Å²) in [6, 6.07) is 12.0. The Morgan fingerprint density at radius 3 is 2.52 bits per heavy atom. The van der Waals surface area contributed by atoms with E-state index in [4.69, 9.17) is 0 Å². The third kappa shape index (κ3) is 4.06. The lowest BCUT2D eigenvalue weighted by atomic mass is 10.1. The molecule has 25 heavy (non-hydrogen) atoms. The van der Waals surface area contributed by atoms with Crippen LogP contribution in [0.4, 0.5) is 24.0 Å². The number of aromatic nitrogens is 1. The molecule has 3 aromatic rings. The zero-order valence-corrected chi connectivity index (χ0v) is 13.9. The number of nitrogens with one attached hydrogen (secondary N) is 1. The van der Waals surface area contributed by atoms with Crippen molar-refractivity contribution < 1.29 is 18.0 Å². The lowest BCUT2D eigenvalue weighted by Gasteiger charge is -2.08. The monoisotopic (exact) mass is 362 g/mol. The van der Waals surface area contributed by atoms with Crippen LogP contribution in [0.15, 0.2) is 54.7 Å². The molecule has 1 N–H and O–H groups in total. The second-order valence-electron chi connectivity index (χ2n) is 5.43.